The van der Waals surface area contributed by atoms with Crippen LogP contribution in [-0.2, 0) is 9.59 Å². The third-order valence-corrected chi connectivity index (χ3v) is 3.42. The van der Waals surface area contributed by atoms with Crippen molar-refractivity contribution in [2.75, 3.05) is 25.0 Å². The predicted octanol–water partition coefficient (Wildman–Crippen LogP) is 1.52. The Kier molecular flexibility index (Phi) is 4.04. The van der Waals surface area contributed by atoms with Crippen LogP contribution in [0.5, 0.6) is 0 Å². The van der Waals surface area contributed by atoms with Crippen molar-refractivity contribution in [1.82, 2.24) is 4.90 Å². The van der Waals surface area contributed by atoms with Gasteiger partial charge < -0.3 is 15.3 Å². The van der Waals surface area contributed by atoms with Gasteiger partial charge in [0.05, 0.1) is 12.3 Å². The first-order chi connectivity index (χ1) is 9.13. The minimum Gasteiger partial charge on any atom is -0.481 e. The highest BCUT2D eigenvalue weighted by Crippen LogP contribution is 2.32. The van der Waals surface area contributed by atoms with Crippen LogP contribution < -0.4 is 5.32 Å². The third-order valence-electron chi connectivity index (χ3n) is 3.42. The first-order valence-electron chi connectivity index (χ1n) is 6.47. The maximum absolute atomic E-state index is 12.4. The number of hydrogen-bond acceptors (Lipinski definition) is 3. The molecule has 2 N–H and O–H groups in total. The summed E-state index contributed by atoms with van der Waals surface area (Å²) in [5, 5.41) is 11.9. The smallest absolute Gasteiger partial charge is 0.305 e. The molecule has 0 radical (unpaired) electrons. The maximum Gasteiger partial charge on any atom is 0.305 e. The number of amides is 1. The fourth-order valence-electron chi connectivity index (χ4n) is 2.38. The summed E-state index contributed by atoms with van der Waals surface area (Å²) in [6.07, 6.45) is -0.0125. The van der Waals surface area contributed by atoms with Crippen molar-refractivity contribution in [1.29, 1.82) is 0 Å². The van der Waals surface area contributed by atoms with Gasteiger partial charge >= 0.3 is 5.97 Å². The molecule has 0 aromatic heterocycles. The van der Waals surface area contributed by atoms with Crippen molar-refractivity contribution in [3.8, 4) is 0 Å². The Labute approximate surface area is 112 Å². The van der Waals surface area contributed by atoms with Gasteiger partial charge in [0.2, 0.25) is 5.91 Å². The Balaban J connectivity index is 2.09. The molecule has 102 valence electrons. The number of anilines is 1. The molecule has 19 heavy (non-hydrogen) atoms. The SMILES string of the molecule is CCN(CCC(=O)O)C(=O)C1CNc2ccccc21. The number of likely N-dealkylation sites (N-methyl/N-ethyl adjacent to an activating group) is 1. The van der Waals surface area contributed by atoms with Gasteiger partial charge in [-0.1, -0.05) is 18.2 Å². The van der Waals surface area contributed by atoms with Crippen LogP contribution in [0, 0.1) is 0 Å². The number of aliphatic carboxylic acids is 1. The lowest BCUT2D eigenvalue weighted by Gasteiger charge is -2.23. The van der Waals surface area contributed by atoms with E-state index in [1.807, 2.05) is 31.2 Å². The summed E-state index contributed by atoms with van der Waals surface area (Å²) in [5.41, 5.74) is 2.00. The Hall–Kier alpha value is -2.04. The van der Waals surface area contributed by atoms with Crippen molar-refractivity contribution in [3.05, 3.63) is 29.8 Å². The molecule has 0 bridgehead atoms. The third kappa shape index (κ3) is 2.86. The second-order valence-electron chi connectivity index (χ2n) is 4.58. The number of benzene rings is 1. The highest BCUT2D eigenvalue weighted by atomic mass is 16.4. The molecule has 5 heteroatoms. The molecule has 0 aliphatic carbocycles. The van der Waals surface area contributed by atoms with E-state index in [9.17, 15) is 9.59 Å². The molecule has 1 aromatic rings. The van der Waals surface area contributed by atoms with Crippen molar-refractivity contribution < 1.29 is 14.7 Å². The summed E-state index contributed by atoms with van der Waals surface area (Å²) in [7, 11) is 0. The maximum atomic E-state index is 12.4. The molecule has 0 saturated heterocycles. The molecule has 5 nitrogen and oxygen atoms in total. The number of rotatable bonds is 5. The minimum atomic E-state index is -0.879. The van der Waals surface area contributed by atoms with Gasteiger partial charge in [0.15, 0.2) is 0 Å². The first kappa shape index (κ1) is 13.4. The Morgan fingerprint density at radius 2 is 2.16 bits per heavy atom. The fraction of sp³-hybridized carbons (Fsp3) is 0.429. The van der Waals surface area contributed by atoms with Gasteiger partial charge in [-0.2, -0.15) is 0 Å². The number of carbonyl (C=O) groups is 2. The molecule has 2 rings (SSSR count). The lowest BCUT2D eigenvalue weighted by molar-refractivity contribution is -0.138. The highest BCUT2D eigenvalue weighted by molar-refractivity contribution is 5.88. The van der Waals surface area contributed by atoms with Crippen LogP contribution in [-0.4, -0.2) is 41.5 Å². The zero-order valence-corrected chi connectivity index (χ0v) is 10.9. The number of carboxylic acid groups (broad SMARTS) is 1. The van der Waals surface area contributed by atoms with Gasteiger partial charge in [-0.05, 0) is 18.6 Å². The monoisotopic (exact) mass is 262 g/mol. The van der Waals surface area contributed by atoms with Gasteiger partial charge in [-0.25, -0.2) is 0 Å². The van der Waals surface area contributed by atoms with E-state index >= 15 is 0 Å². The van der Waals surface area contributed by atoms with Crippen LogP contribution in [0.1, 0.15) is 24.8 Å². The average Bonchev–Trinajstić information content (AvgIpc) is 2.82. The fourth-order valence-corrected chi connectivity index (χ4v) is 2.38. The van der Waals surface area contributed by atoms with Crippen LogP contribution in [0.2, 0.25) is 0 Å². The Morgan fingerprint density at radius 1 is 1.42 bits per heavy atom. The van der Waals surface area contributed by atoms with E-state index in [1.165, 1.54) is 0 Å². The van der Waals surface area contributed by atoms with E-state index in [1.54, 1.807) is 4.90 Å². The predicted molar refractivity (Wildman–Crippen MR) is 72.2 cm³/mol. The zero-order valence-electron chi connectivity index (χ0n) is 10.9. The zero-order chi connectivity index (χ0) is 13.8. The number of carboxylic acids is 1. The van der Waals surface area contributed by atoms with Gasteiger partial charge in [-0.15, -0.1) is 0 Å². The van der Waals surface area contributed by atoms with E-state index in [-0.39, 0.29) is 24.8 Å². The van der Waals surface area contributed by atoms with Crippen molar-refractivity contribution >= 4 is 17.6 Å². The number of nitrogens with zero attached hydrogens (tertiary/aromatic N) is 1. The van der Waals surface area contributed by atoms with Gasteiger partial charge in [0.1, 0.15) is 0 Å². The molecule has 1 atom stereocenters. The van der Waals surface area contributed by atoms with Gasteiger partial charge in [0.25, 0.3) is 0 Å². The summed E-state index contributed by atoms with van der Waals surface area (Å²) in [4.78, 5) is 24.7. The number of fused-ring (bicyclic) bond motifs is 1. The number of hydrogen-bond donors (Lipinski definition) is 2. The minimum absolute atomic E-state index is 0.00111. The molecular weight excluding hydrogens is 244 g/mol. The Morgan fingerprint density at radius 3 is 2.84 bits per heavy atom. The van der Waals surface area contributed by atoms with E-state index in [2.05, 4.69) is 5.32 Å². The number of para-hydroxylation sites is 1. The highest BCUT2D eigenvalue weighted by Gasteiger charge is 2.31. The second kappa shape index (κ2) is 5.73. The molecule has 1 unspecified atom stereocenters. The van der Waals surface area contributed by atoms with Crippen molar-refractivity contribution in [2.45, 2.75) is 19.3 Å². The summed E-state index contributed by atoms with van der Waals surface area (Å²) in [6, 6.07) is 7.75. The molecule has 1 aromatic carbocycles. The largest absolute Gasteiger partial charge is 0.481 e. The van der Waals surface area contributed by atoms with Gasteiger partial charge in [-0.3, -0.25) is 9.59 Å². The van der Waals surface area contributed by atoms with Crippen LogP contribution in [0.3, 0.4) is 0 Å². The lowest BCUT2D eigenvalue weighted by atomic mass is 10.00. The molecule has 1 aliphatic heterocycles. The van der Waals surface area contributed by atoms with Gasteiger partial charge in [0, 0.05) is 25.3 Å². The van der Waals surface area contributed by atoms with E-state index < -0.39 is 5.97 Å². The van der Waals surface area contributed by atoms with E-state index in [0.717, 1.165) is 11.3 Å². The van der Waals surface area contributed by atoms with Crippen molar-refractivity contribution in [2.24, 2.45) is 0 Å². The van der Waals surface area contributed by atoms with Crippen LogP contribution in [0.15, 0.2) is 24.3 Å². The van der Waals surface area contributed by atoms with Crippen molar-refractivity contribution in [3.63, 3.8) is 0 Å². The molecule has 0 saturated carbocycles. The summed E-state index contributed by atoms with van der Waals surface area (Å²) in [5.74, 6) is -1.08. The normalized spacial score (nSPS) is 16.6. The average molecular weight is 262 g/mol. The Bertz CT molecular complexity index is 487. The molecule has 1 heterocycles. The van der Waals surface area contributed by atoms with Crippen LogP contribution in [0.25, 0.3) is 0 Å². The molecule has 1 aliphatic rings. The number of carbonyl (C=O) groups excluding carboxylic acids is 1. The summed E-state index contributed by atoms with van der Waals surface area (Å²) >= 11 is 0. The molecular formula is C14H18N2O3. The topological polar surface area (TPSA) is 69.6 Å². The second-order valence-corrected chi connectivity index (χ2v) is 4.58. The number of nitrogens with one attached hydrogen (secondary N) is 1. The summed E-state index contributed by atoms with van der Waals surface area (Å²) in [6.45, 7) is 3.25. The first-order valence-corrected chi connectivity index (χ1v) is 6.47. The standard InChI is InChI=1S/C14H18N2O3/c1-2-16(8-7-13(17)18)14(19)11-9-15-12-6-4-3-5-10(11)12/h3-6,11,15H,2,7-9H2,1H3,(H,17,18). The van der Waals surface area contributed by atoms with Crippen LogP contribution >= 0.6 is 0 Å². The van der Waals surface area contributed by atoms with E-state index in [4.69, 9.17) is 5.11 Å². The van der Waals surface area contributed by atoms with Crippen LogP contribution in [0.4, 0.5) is 5.69 Å². The quantitative estimate of drug-likeness (QED) is 0.844. The molecule has 0 spiro atoms. The molecule has 1 amide bonds. The van der Waals surface area contributed by atoms with E-state index in [0.29, 0.717) is 13.1 Å². The lowest BCUT2D eigenvalue weighted by Crippen LogP contribution is -2.37. The summed E-state index contributed by atoms with van der Waals surface area (Å²) < 4.78 is 0. The molecule has 0 fully saturated rings.